The van der Waals surface area contributed by atoms with E-state index in [1.165, 1.54) is 12.0 Å². The minimum absolute atomic E-state index is 0.0802. The molecular formula is C20H34O2. The summed E-state index contributed by atoms with van der Waals surface area (Å²) in [5, 5.41) is 9.56. The molecule has 0 bridgehead atoms. The van der Waals surface area contributed by atoms with E-state index in [0.717, 1.165) is 38.5 Å². The monoisotopic (exact) mass is 306 g/mol. The molecule has 0 aromatic heterocycles. The van der Waals surface area contributed by atoms with Crippen LogP contribution < -0.4 is 0 Å². The number of hydrogen-bond acceptors (Lipinski definition) is 2. The van der Waals surface area contributed by atoms with Crippen LogP contribution in [0.1, 0.15) is 72.6 Å². The Labute approximate surface area is 136 Å². The van der Waals surface area contributed by atoms with Gasteiger partial charge in [-0.05, 0) is 70.6 Å². The third kappa shape index (κ3) is 4.96. The second-order valence-electron chi connectivity index (χ2n) is 7.85. The van der Waals surface area contributed by atoms with E-state index in [-0.39, 0.29) is 5.60 Å². The normalized spacial score (nSPS) is 39.2. The van der Waals surface area contributed by atoms with Crippen molar-refractivity contribution in [3.05, 3.63) is 23.3 Å². The maximum atomic E-state index is 9.56. The molecule has 3 atom stereocenters. The maximum Gasteiger partial charge on any atom is 0.0923 e. The summed E-state index contributed by atoms with van der Waals surface area (Å²) in [7, 11) is 0. The predicted molar refractivity (Wildman–Crippen MR) is 92.9 cm³/mol. The summed E-state index contributed by atoms with van der Waals surface area (Å²) >= 11 is 0. The van der Waals surface area contributed by atoms with Crippen LogP contribution in [0, 0.1) is 11.8 Å². The number of rotatable bonds is 2. The van der Waals surface area contributed by atoms with Gasteiger partial charge in [-0.15, -0.1) is 0 Å². The van der Waals surface area contributed by atoms with Crippen LogP contribution in [0.4, 0.5) is 0 Å². The van der Waals surface area contributed by atoms with Gasteiger partial charge in [0, 0.05) is 6.61 Å². The van der Waals surface area contributed by atoms with Crippen molar-refractivity contribution in [3.8, 4) is 0 Å². The Hall–Kier alpha value is -0.600. The first kappa shape index (κ1) is 17.7. The largest absolute Gasteiger partial charge is 0.396 e. The predicted octanol–water partition coefficient (Wildman–Crippen LogP) is 5.03. The van der Waals surface area contributed by atoms with Crippen molar-refractivity contribution in [2.24, 2.45) is 11.8 Å². The summed E-state index contributed by atoms with van der Waals surface area (Å²) in [6.45, 7) is 9.39. The molecule has 22 heavy (non-hydrogen) atoms. The van der Waals surface area contributed by atoms with Crippen LogP contribution in [0.15, 0.2) is 23.3 Å². The topological polar surface area (TPSA) is 32.8 Å². The zero-order valence-electron chi connectivity index (χ0n) is 14.9. The summed E-state index contributed by atoms with van der Waals surface area (Å²) in [6.07, 6.45) is 13.0. The van der Waals surface area contributed by atoms with E-state index in [4.69, 9.17) is 4.74 Å². The van der Waals surface area contributed by atoms with Crippen LogP contribution in [0.2, 0.25) is 0 Å². The lowest BCUT2D eigenvalue weighted by molar-refractivity contribution is 0.202. The zero-order chi connectivity index (χ0) is 16.2. The lowest BCUT2D eigenvalue weighted by atomic mass is 9.88. The Bertz CT molecular complexity index is 421. The molecule has 0 aromatic carbocycles. The molecule has 1 N–H and O–H groups in total. The Morgan fingerprint density at radius 3 is 2.68 bits per heavy atom. The van der Waals surface area contributed by atoms with Crippen molar-refractivity contribution in [1.29, 1.82) is 0 Å². The summed E-state index contributed by atoms with van der Waals surface area (Å²) < 4.78 is 6.00. The number of aliphatic hydroxyl groups is 1. The van der Waals surface area contributed by atoms with Crippen LogP contribution in [0.3, 0.4) is 0 Å². The van der Waals surface area contributed by atoms with Crippen LogP contribution >= 0.6 is 0 Å². The molecule has 2 aliphatic rings. The molecule has 2 heteroatoms. The van der Waals surface area contributed by atoms with Gasteiger partial charge < -0.3 is 9.84 Å². The van der Waals surface area contributed by atoms with Gasteiger partial charge in [0.2, 0.25) is 0 Å². The molecule has 0 spiro atoms. The number of epoxide rings is 1. The molecule has 1 saturated heterocycles. The van der Waals surface area contributed by atoms with Crippen LogP contribution in [-0.4, -0.2) is 23.4 Å². The van der Waals surface area contributed by atoms with Gasteiger partial charge in [0.25, 0.3) is 0 Å². The molecule has 0 saturated carbocycles. The number of ether oxygens (including phenoxy) is 1. The van der Waals surface area contributed by atoms with Gasteiger partial charge in [0.15, 0.2) is 0 Å². The summed E-state index contributed by atoms with van der Waals surface area (Å²) in [4.78, 5) is 0. The van der Waals surface area contributed by atoms with E-state index in [2.05, 4.69) is 39.8 Å². The molecule has 2 nitrogen and oxygen atoms in total. The second-order valence-corrected chi connectivity index (χ2v) is 7.85. The van der Waals surface area contributed by atoms with Gasteiger partial charge >= 0.3 is 0 Å². The van der Waals surface area contributed by atoms with Crippen LogP contribution in [0.5, 0.6) is 0 Å². The van der Waals surface area contributed by atoms with Crippen molar-refractivity contribution in [3.63, 3.8) is 0 Å². The van der Waals surface area contributed by atoms with Crippen molar-refractivity contribution in [2.75, 3.05) is 6.61 Å². The molecule has 0 unspecified atom stereocenters. The summed E-state index contributed by atoms with van der Waals surface area (Å²) in [6, 6.07) is 0. The van der Waals surface area contributed by atoms with E-state index in [9.17, 15) is 5.11 Å². The average molecular weight is 306 g/mol. The minimum atomic E-state index is 0.0802. The highest BCUT2D eigenvalue weighted by Gasteiger charge is 2.50. The van der Waals surface area contributed by atoms with E-state index >= 15 is 0 Å². The van der Waals surface area contributed by atoms with Gasteiger partial charge in [-0.3, -0.25) is 0 Å². The van der Waals surface area contributed by atoms with E-state index in [0.29, 0.717) is 24.5 Å². The molecule has 1 fully saturated rings. The lowest BCUT2D eigenvalue weighted by Crippen LogP contribution is -2.14. The lowest BCUT2D eigenvalue weighted by Gasteiger charge is -2.16. The van der Waals surface area contributed by atoms with Gasteiger partial charge in [0.1, 0.15) is 0 Å². The fraction of sp³-hybridized carbons (Fsp3) is 0.800. The molecule has 0 amide bonds. The smallest absolute Gasteiger partial charge is 0.0923 e. The SMILES string of the molecule is C/C1=C\C=C(\C(C)C)CC[C@]2(C)O[C@H]2CC[C@@H](CO)CCC1. The minimum Gasteiger partial charge on any atom is -0.396 e. The molecule has 0 aromatic rings. The highest BCUT2D eigenvalue weighted by Crippen LogP contribution is 2.44. The molecule has 126 valence electrons. The molecule has 1 heterocycles. The first-order valence-electron chi connectivity index (χ1n) is 9.09. The van der Waals surface area contributed by atoms with Crippen molar-refractivity contribution in [2.45, 2.75) is 84.3 Å². The standard InChI is InChI=1S/C20H34O2/c1-15(2)18-10-8-16(3)6-5-7-17(14-21)9-11-19-20(4,22-19)13-12-18/h8,10,15,17,19,21H,5-7,9,11-14H2,1-4H3/b16-8+,18-10+/t17-,19-,20-/m0/s1. The number of fused-ring (bicyclic) bond motifs is 1. The van der Waals surface area contributed by atoms with E-state index in [1.807, 2.05) is 0 Å². The second kappa shape index (κ2) is 7.79. The molecule has 2 rings (SSSR count). The Balaban J connectivity index is 2.07. The number of allylic oxidation sites excluding steroid dienone is 4. The van der Waals surface area contributed by atoms with Crippen molar-refractivity contribution < 1.29 is 9.84 Å². The Morgan fingerprint density at radius 2 is 2.00 bits per heavy atom. The van der Waals surface area contributed by atoms with Gasteiger partial charge in [-0.1, -0.05) is 37.1 Å². The average Bonchev–Trinajstić information content (AvgIpc) is 3.12. The van der Waals surface area contributed by atoms with Crippen LogP contribution in [0.25, 0.3) is 0 Å². The van der Waals surface area contributed by atoms with Crippen LogP contribution in [-0.2, 0) is 4.74 Å². The third-order valence-electron chi connectivity index (χ3n) is 5.55. The maximum absolute atomic E-state index is 9.56. The van der Waals surface area contributed by atoms with Gasteiger partial charge in [-0.25, -0.2) is 0 Å². The summed E-state index contributed by atoms with van der Waals surface area (Å²) in [5.41, 5.74) is 3.08. The number of aliphatic hydroxyl groups excluding tert-OH is 1. The third-order valence-corrected chi connectivity index (χ3v) is 5.55. The Kier molecular flexibility index (Phi) is 6.28. The Morgan fingerprint density at radius 1 is 1.23 bits per heavy atom. The fourth-order valence-corrected chi connectivity index (χ4v) is 3.55. The van der Waals surface area contributed by atoms with E-state index in [1.54, 1.807) is 5.57 Å². The highest BCUT2D eigenvalue weighted by molar-refractivity contribution is 5.19. The molecular weight excluding hydrogens is 272 g/mol. The van der Waals surface area contributed by atoms with Gasteiger partial charge in [-0.2, -0.15) is 0 Å². The zero-order valence-corrected chi connectivity index (χ0v) is 14.9. The van der Waals surface area contributed by atoms with Crippen molar-refractivity contribution >= 4 is 0 Å². The van der Waals surface area contributed by atoms with Crippen molar-refractivity contribution in [1.82, 2.24) is 0 Å². The quantitative estimate of drug-likeness (QED) is 0.726. The van der Waals surface area contributed by atoms with Gasteiger partial charge in [0.05, 0.1) is 11.7 Å². The summed E-state index contributed by atoms with van der Waals surface area (Å²) in [5.74, 6) is 1.06. The number of hydrogen-bond donors (Lipinski definition) is 1. The first-order valence-corrected chi connectivity index (χ1v) is 9.09. The molecule has 0 radical (unpaired) electrons. The van der Waals surface area contributed by atoms with E-state index < -0.39 is 0 Å². The fourth-order valence-electron chi connectivity index (χ4n) is 3.55. The first-order chi connectivity index (χ1) is 10.4. The molecule has 1 aliphatic heterocycles. The molecule has 1 aliphatic carbocycles. The highest BCUT2D eigenvalue weighted by atomic mass is 16.6.